The van der Waals surface area contributed by atoms with E-state index < -0.39 is 6.03 Å². The van der Waals surface area contributed by atoms with Crippen molar-refractivity contribution in [2.75, 3.05) is 10.6 Å². The summed E-state index contributed by atoms with van der Waals surface area (Å²) in [5.41, 5.74) is 14.9. The number of urea groups is 1. The Labute approximate surface area is 164 Å². The smallest absolute Gasteiger partial charge is 0.323 e. The van der Waals surface area contributed by atoms with Gasteiger partial charge in [0.1, 0.15) is 5.82 Å². The van der Waals surface area contributed by atoms with Crippen LogP contribution in [0, 0.1) is 0 Å². The Hall–Kier alpha value is -3.09. The fourth-order valence-electron chi connectivity index (χ4n) is 3.06. The molecule has 0 unspecified atom stereocenters. The maximum absolute atomic E-state index is 12.0. The number of carbonyl (C=O) groups is 1. The van der Waals surface area contributed by atoms with Crippen molar-refractivity contribution >= 4 is 56.4 Å². The Bertz CT molecular complexity index is 1140. The van der Waals surface area contributed by atoms with Gasteiger partial charge in [0.2, 0.25) is 0 Å². The van der Waals surface area contributed by atoms with Gasteiger partial charge in [-0.1, -0.05) is 41.9 Å². The Kier molecular flexibility index (Phi) is 4.43. The van der Waals surface area contributed by atoms with Crippen molar-refractivity contribution in [3.05, 3.63) is 71.8 Å². The van der Waals surface area contributed by atoms with Crippen molar-refractivity contribution in [3.63, 3.8) is 0 Å². The minimum absolute atomic E-state index is 0.521. The van der Waals surface area contributed by atoms with E-state index in [4.69, 9.17) is 23.1 Å². The number of rotatable bonds is 3. The maximum Gasteiger partial charge on any atom is 0.323 e. The predicted molar refractivity (Wildman–Crippen MR) is 113 cm³/mol. The molecule has 27 heavy (non-hydrogen) atoms. The van der Waals surface area contributed by atoms with Gasteiger partial charge in [-0.2, -0.15) is 4.37 Å². The Morgan fingerprint density at radius 3 is 2.44 bits per heavy atom. The number of fused-ring (bicyclic) bond motifs is 1. The van der Waals surface area contributed by atoms with Crippen LogP contribution in [0.3, 0.4) is 0 Å². The molecule has 0 aliphatic carbocycles. The van der Waals surface area contributed by atoms with Crippen LogP contribution in [0.4, 0.5) is 22.0 Å². The van der Waals surface area contributed by atoms with E-state index in [-0.39, 0.29) is 0 Å². The summed E-state index contributed by atoms with van der Waals surface area (Å²) in [7, 11) is 0. The van der Waals surface area contributed by atoms with Crippen LogP contribution in [0.25, 0.3) is 21.2 Å². The molecule has 0 spiro atoms. The number of benzene rings is 3. The largest absolute Gasteiger partial charge is 0.382 e. The van der Waals surface area contributed by atoms with Gasteiger partial charge in [0.15, 0.2) is 0 Å². The molecule has 0 aliphatic heterocycles. The first-order valence-electron chi connectivity index (χ1n) is 8.14. The third-order valence-electron chi connectivity index (χ3n) is 4.25. The number of hydrogen-bond acceptors (Lipinski definition) is 4. The lowest BCUT2D eigenvalue weighted by molar-refractivity contribution is 0.256. The molecule has 0 saturated heterocycles. The maximum atomic E-state index is 12.0. The summed E-state index contributed by atoms with van der Waals surface area (Å²) in [6.07, 6.45) is 0. The molecule has 1 aromatic heterocycles. The van der Waals surface area contributed by atoms with Crippen LogP contribution in [-0.2, 0) is 0 Å². The molecular formula is C20H15ClN4OS. The second kappa shape index (κ2) is 6.90. The molecule has 0 radical (unpaired) electrons. The highest BCUT2D eigenvalue weighted by atomic mass is 35.5. The fourth-order valence-corrected chi connectivity index (χ4v) is 3.98. The second-order valence-electron chi connectivity index (χ2n) is 5.95. The van der Waals surface area contributed by atoms with Crippen LogP contribution < -0.4 is 16.4 Å². The minimum atomic E-state index is -0.585. The van der Waals surface area contributed by atoms with E-state index in [1.165, 1.54) is 16.4 Å². The number of hydrogen-bond donors (Lipinski definition) is 2. The third kappa shape index (κ3) is 3.20. The molecular weight excluding hydrogens is 380 g/mol. The average Bonchev–Trinajstić information content (AvgIpc) is 3.04. The number of nitrogen functional groups attached to an aromatic ring is 1. The van der Waals surface area contributed by atoms with Gasteiger partial charge in [-0.25, -0.2) is 4.79 Å². The Morgan fingerprint density at radius 2 is 1.74 bits per heavy atom. The normalized spacial score (nSPS) is 10.9. The third-order valence-corrected chi connectivity index (χ3v) is 5.31. The van der Waals surface area contributed by atoms with Crippen molar-refractivity contribution < 1.29 is 4.79 Å². The van der Waals surface area contributed by atoms with Crippen molar-refractivity contribution in [3.8, 4) is 11.1 Å². The topological polar surface area (TPSA) is 85.2 Å². The molecule has 0 bridgehead atoms. The summed E-state index contributed by atoms with van der Waals surface area (Å²) in [6.45, 7) is 0. The lowest BCUT2D eigenvalue weighted by Gasteiger charge is -2.21. The molecule has 3 aromatic carbocycles. The van der Waals surface area contributed by atoms with Crippen LogP contribution in [-0.4, -0.2) is 10.4 Å². The quantitative estimate of drug-likeness (QED) is 0.486. The standard InChI is InChI=1S/C20H15ClN4OS/c21-13-3-1-4-15(11-13)25(20(23)26)14-9-7-12(8-10-14)16-5-2-6-17-18(16)19(22)24-27-17/h1-11H,(H2,22,24)(H2,23,26). The summed E-state index contributed by atoms with van der Waals surface area (Å²) in [6, 6.07) is 19.9. The lowest BCUT2D eigenvalue weighted by Crippen LogP contribution is -2.31. The highest BCUT2D eigenvalue weighted by molar-refractivity contribution is 7.13. The summed E-state index contributed by atoms with van der Waals surface area (Å²) < 4.78 is 5.27. The number of halogens is 1. The first-order valence-corrected chi connectivity index (χ1v) is 9.29. The van der Waals surface area contributed by atoms with Crippen molar-refractivity contribution in [2.45, 2.75) is 0 Å². The van der Waals surface area contributed by atoms with Gasteiger partial charge < -0.3 is 11.5 Å². The number of primary amides is 1. The number of amides is 2. The first kappa shape index (κ1) is 17.3. The van der Waals surface area contributed by atoms with Gasteiger partial charge in [0.05, 0.1) is 16.1 Å². The monoisotopic (exact) mass is 394 g/mol. The van der Waals surface area contributed by atoms with E-state index in [2.05, 4.69) is 4.37 Å². The molecule has 4 aromatic rings. The van der Waals surface area contributed by atoms with Gasteiger partial charge in [-0.05, 0) is 59.1 Å². The number of carbonyl (C=O) groups excluding carboxylic acids is 1. The number of aromatic nitrogens is 1. The van der Waals surface area contributed by atoms with Crippen LogP contribution in [0.1, 0.15) is 0 Å². The van der Waals surface area contributed by atoms with Gasteiger partial charge in [-0.3, -0.25) is 4.90 Å². The van der Waals surface area contributed by atoms with Crippen LogP contribution >= 0.6 is 23.1 Å². The van der Waals surface area contributed by atoms with Gasteiger partial charge in [0.25, 0.3) is 0 Å². The molecule has 0 aliphatic rings. The molecule has 7 heteroatoms. The first-order chi connectivity index (χ1) is 13.0. The zero-order chi connectivity index (χ0) is 19.0. The van der Waals surface area contributed by atoms with Gasteiger partial charge >= 0.3 is 6.03 Å². The highest BCUT2D eigenvalue weighted by Gasteiger charge is 2.16. The fraction of sp³-hybridized carbons (Fsp3) is 0. The SMILES string of the molecule is NC(=O)N(c1ccc(-c2cccc3snc(N)c23)cc1)c1cccc(Cl)c1. The van der Waals surface area contributed by atoms with Gasteiger partial charge in [-0.15, -0.1) is 0 Å². The summed E-state index contributed by atoms with van der Waals surface area (Å²) in [4.78, 5) is 13.4. The molecule has 1 heterocycles. The lowest BCUT2D eigenvalue weighted by atomic mass is 10.0. The van der Waals surface area contributed by atoms with E-state index >= 15 is 0 Å². The van der Waals surface area contributed by atoms with Crippen molar-refractivity contribution in [1.29, 1.82) is 0 Å². The number of anilines is 3. The van der Waals surface area contributed by atoms with Crippen molar-refractivity contribution in [1.82, 2.24) is 4.37 Å². The molecule has 134 valence electrons. The molecule has 2 amide bonds. The van der Waals surface area contributed by atoms with Crippen LogP contribution in [0.2, 0.25) is 5.02 Å². The van der Waals surface area contributed by atoms with E-state index in [1.807, 2.05) is 42.5 Å². The molecule has 4 N–H and O–H groups in total. The average molecular weight is 395 g/mol. The Balaban J connectivity index is 1.76. The zero-order valence-electron chi connectivity index (χ0n) is 14.1. The molecule has 4 rings (SSSR count). The van der Waals surface area contributed by atoms with E-state index in [0.29, 0.717) is 22.2 Å². The van der Waals surface area contributed by atoms with E-state index in [9.17, 15) is 4.79 Å². The van der Waals surface area contributed by atoms with Crippen molar-refractivity contribution in [2.24, 2.45) is 5.73 Å². The molecule has 0 fully saturated rings. The van der Waals surface area contributed by atoms with E-state index in [0.717, 1.165) is 21.2 Å². The molecule has 5 nitrogen and oxygen atoms in total. The molecule has 0 atom stereocenters. The summed E-state index contributed by atoms with van der Waals surface area (Å²) in [5, 5.41) is 1.47. The molecule has 0 saturated carbocycles. The summed E-state index contributed by atoms with van der Waals surface area (Å²) in [5.74, 6) is 0.521. The van der Waals surface area contributed by atoms with Crippen LogP contribution in [0.5, 0.6) is 0 Å². The zero-order valence-corrected chi connectivity index (χ0v) is 15.7. The number of nitrogens with zero attached hydrogens (tertiary/aromatic N) is 2. The second-order valence-corrected chi connectivity index (χ2v) is 7.19. The summed E-state index contributed by atoms with van der Waals surface area (Å²) >= 11 is 7.43. The number of nitrogens with two attached hydrogens (primary N) is 2. The predicted octanol–water partition coefficient (Wildman–Crippen LogP) is 5.42. The Morgan fingerprint density at radius 1 is 1.00 bits per heavy atom. The minimum Gasteiger partial charge on any atom is -0.382 e. The van der Waals surface area contributed by atoms with E-state index in [1.54, 1.807) is 24.3 Å². The highest BCUT2D eigenvalue weighted by Crippen LogP contribution is 2.36. The van der Waals surface area contributed by atoms with Gasteiger partial charge in [0, 0.05) is 10.4 Å². The van der Waals surface area contributed by atoms with Crippen LogP contribution in [0.15, 0.2) is 66.7 Å².